The molecule has 1 aromatic rings. The van der Waals surface area contributed by atoms with Crippen LogP contribution in [0.5, 0.6) is 0 Å². The van der Waals surface area contributed by atoms with Crippen molar-refractivity contribution in [1.29, 1.82) is 0 Å². The largest absolute Gasteiger partial charge is 0.334 e. The van der Waals surface area contributed by atoms with Crippen LogP contribution in [0, 0.1) is 0 Å². The molecule has 19 heavy (non-hydrogen) atoms. The molecule has 2 heterocycles. The maximum atomic E-state index is 12.5. The summed E-state index contributed by atoms with van der Waals surface area (Å²) in [7, 11) is 0. The Labute approximate surface area is 115 Å². The van der Waals surface area contributed by atoms with Crippen molar-refractivity contribution in [2.24, 2.45) is 0 Å². The minimum Gasteiger partial charge on any atom is -0.334 e. The van der Waals surface area contributed by atoms with Gasteiger partial charge in [-0.3, -0.25) is 4.79 Å². The second kappa shape index (κ2) is 5.74. The first kappa shape index (κ1) is 12.7. The van der Waals surface area contributed by atoms with Crippen LogP contribution in [-0.2, 0) is 0 Å². The number of hydrogen-bond donors (Lipinski definition) is 0. The van der Waals surface area contributed by atoms with Gasteiger partial charge in [0, 0.05) is 24.7 Å². The average molecular weight is 258 g/mol. The van der Waals surface area contributed by atoms with Gasteiger partial charge < -0.3 is 9.80 Å². The molecule has 1 aromatic carbocycles. The van der Waals surface area contributed by atoms with Crippen molar-refractivity contribution in [1.82, 2.24) is 9.80 Å². The van der Waals surface area contributed by atoms with Crippen LogP contribution in [-0.4, -0.2) is 47.9 Å². The molecule has 0 aromatic heterocycles. The summed E-state index contributed by atoms with van der Waals surface area (Å²) in [5.74, 6) is 0.210. The molecule has 1 atom stereocenters. The number of nitrogens with zero attached hydrogens (tertiary/aromatic N) is 2. The highest BCUT2D eigenvalue weighted by Crippen LogP contribution is 2.22. The summed E-state index contributed by atoms with van der Waals surface area (Å²) in [5, 5.41) is 0. The molecule has 2 saturated heterocycles. The molecule has 3 heteroatoms. The van der Waals surface area contributed by atoms with E-state index < -0.39 is 0 Å². The minimum atomic E-state index is 0.210. The maximum Gasteiger partial charge on any atom is 0.254 e. The van der Waals surface area contributed by atoms with Gasteiger partial charge in [-0.05, 0) is 50.9 Å². The van der Waals surface area contributed by atoms with Gasteiger partial charge in [-0.25, -0.2) is 0 Å². The number of benzene rings is 1. The van der Waals surface area contributed by atoms with E-state index in [0.717, 1.165) is 31.5 Å². The Balaban J connectivity index is 1.67. The van der Waals surface area contributed by atoms with E-state index in [-0.39, 0.29) is 5.91 Å². The van der Waals surface area contributed by atoms with Gasteiger partial charge in [-0.1, -0.05) is 18.2 Å². The van der Waals surface area contributed by atoms with Crippen molar-refractivity contribution in [2.75, 3.05) is 26.2 Å². The van der Waals surface area contributed by atoms with E-state index in [2.05, 4.69) is 9.80 Å². The van der Waals surface area contributed by atoms with E-state index in [9.17, 15) is 4.79 Å². The predicted molar refractivity (Wildman–Crippen MR) is 76.2 cm³/mol. The van der Waals surface area contributed by atoms with Crippen LogP contribution in [0.25, 0.3) is 0 Å². The first-order chi connectivity index (χ1) is 9.34. The third-order valence-corrected chi connectivity index (χ3v) is 4.33. The van der Waals surface area contributed by atoms with Gasteiger partial charge in [0.2, 0.25) is 0 Å². The van der Waals surface area contributed by atoms with Gasteiger partial charge in [-0.15, -0.1) is 0 Å². The Morgan fingerprint density at radius 1 is 1.05 bits per heavy atom. The summed E-state index contributed by atoms with van der Waals surface area (Å²) in [5.41, 5.74) is 0.829. The van der Waals surface area contributed by atoms with E-state index in [4.69, 9.17) is 0 Å². The normalized spacial score (nSPS) is 24.0. The van der Waals surface area contributed by atoms with Crippen molar-refractivity contribution in [3.63, 3.8) is 0 Å². The molecule has 1 amide bonds. The molecular weight excluding hydrogens is 236 g/mol. The Kier molecular flexibility index (Phi) is 3.83. The summed E-state index contributed by atoms with van der Waals surface area (Å²) >= 11 is 0. The van der Waals surface area contributed by atoms with E-state index in [1.54, 1.807) is 0 Å². The van der Waals surface area contributed by atoms with Crippen molar-refractivity contribution in [3.05, 3.63) is 35.9 Å². The molecule has 2 aliphatic rings. The molecule has 0 radical (unpaired) electrons. The molecule has 3 rings (SSSR count). The SMILES string of the molecule is O=C(c1ccccc1)N1CCC[C@H]1CN1CCCC1. The zero-order valence-electron chi connectivity index (χ0n) is 11.4. The summed E-state index contributed by atoms with van der Waals surface area (Å²) in [6.45, 7) is 4.42. The van der Waals surface area contributed by atoms with E-state index in [0.29, 0.717) is 6.04 Å². The van der Waals surface area contributed by atoms with Crippen LogP contribution in [0.2, 0.25) is 0 Å². The summed E-state index contributed by atoms with van der Waals surface area (Å²) in [6.07, 6.45) is 4.95. The predicted octanol–water partition coefficient (Wildman–Crippen LogP) is 2.39. The molecule has 3 nitrogen and oxygen atoms in total. The Bertz CT molecular complexity index is 426. The van der Waals surface area contributed by atoms with E-state index >= 15 is 0 Å². The quantitative estimate of drug-likeness (QED) is 0.831. The second-order valence-corrected chi connectivity index (χ2v) is 5.67. The lowest BCUT2D eigenvalue weighted by Gasteiger charge is -2.28. The number of amides is 1. The molecule has 0 bridgehead atoms. The molecule has 2 aliphatic heterocycles. The van der Waals surface area contributed by atoms with Crippen molar-refractivity contribution in [3.8, 4) is 0 Å². The first-order valence-corrected chi connectivity index (χ1v) is 7.43. The van der Waals surface area contributed by atoms with Crippen LogP contribution in [0.4, 0.5) is 0 Å². The van der Waals surface area contributed by atoms with Crippen LogP contribution < -0.4 is 0 Å². The average Bonchev–Trinajstić information content (AvgIpc) is 3.11. The Morgan fingerprint density at radius 3 is 2.53 bits per heavy atom. The molecular formula is C16H22N2O. The highest BCUT2D eigenvalue weighted by molar-refractivity contribution is 5.94. The van der Waals surface area contributed by atoms with Crippen molar-refractivity contribution < 1.29 is 4.79 Å². The maximum absolute atomic E-state index is 12.5. The Morgan fingerprint density at radius 2 is 1.79 bits per heavy atom. The van der Waals surface area contributed by atoms with Gasteiger partial charge in [0.25, 0.3) is 5.91 Å². The van der Waals surface area contributed by atoms with Crippen molar-refractivity contribution >= 4 is 5.91 Å². The monoisotopic (exact) mass is 258 g/mol. The lowest BCUT2D eigenvalue weighted by molar-refractivity contribution is 0.0709. The van der Waals surface area contributed by atoms with Crippen LogP contribution in [0.15, 0.2) is 30.3 Å². The lowest BCUT2D eigenvalue weighted by atomic mass is 10.1. The zero-order valence-corrected chi connectivity index (χ0v) is 11.4. The second-order valence-electron chi connectivity index (χ2n) is 5.67. The summed E-state index contributed by atoms with van der Waals surface area (Å²) < 4.78 is 0. The molecule has 0 N–H and O–H groups in total. The highest BCUT2D eigenvalue weighted by Gasteiger charge is 2.31. The standard InChI is InChI=1S/C16H22N2O/c19-16(14-7-2-1-3-8-14)18-12-6-9-15(18)13-17-10-4-5-11-17/h1-3,7-8,15H,4-6,9-13H2/t15-/m0/s1. The number of hydrogen-bond acceptors (Lipinski definition) is 2. The van der Waals surface area contributed by atoms with Crippen LogP contribution >= 0.6 is 0 Å². The van der Waals surface area contributed by atoms with Gasteiger partial charge in [-0.2, -0.15) is 0 Å². The molecule has 0 aliphatic carbocycles. The molecule has 0 saturated carbocycles. The van der Waals surface area contributed by atoms with Crippen molar-refractivity contribution in [2.45, 2.75) is 31.7 Å². The summed E-state index contributed by atoms with van der Waals surface area (Å²) in [6, 6.07) is 10.1. The minimum absolute atomic E-state index is 0.210. The Hall–Kier alpha value is -1.35. The van der Waals surface area contributed by atoms with E-state index in [1.165, 1.54) is 25.9 Å². The van der Waals surface area contributed by atoms with Crippen LogP contribution in [0.3, 0.4) is 0 Å². The molecule has 0 unspecified atom stereocenters. The zero-order chi connectivity index (χ0) is 13.1. The lowest BCUT2D eigenvalue weighted by Crippen LogP contribution is -2.42. The fourth-order valence-corrected chi connectivity index (χ4v) is 3.30. The fraction of sp³-hybridized carbons (Fsp3) is 0.562. The van der Waals surface area contributed by atoms with Crippen LogP contribution in [0.1, 0.15) is 36.0 Å². The smallest absolute Gasteiger partial charge is 0.254 e. The fourth-order valence-electron chi connectivity index (χ4n) is 3.30. The van der Waals surface area contributed by atoms with E-state index in [1.807, 2.05) is 30.3 Å². The van der Waals surface area contributed by atoms with Gasteiger partial charge >= 0.3 is 0 Å². The van der Waals surface area contributed by atoms with Gasteiger partial charge in [0.1, 0.15) is 0 Å². The third-order valence-electron chi connectivity index (χ3n) is 4.33. The third kappa shape index (κ3) is 2.81. The number of carbonyl (C=O) groups excluding carboxylic acids is 1. The molecule has 0 spiro atoms. The summed E-state index contributed by atoms with van der Waals surface area (Å²) in [4.78, 5) is 17.1. The number of rotatable bonds is 3. The first-order valence-electron chi connectivity index (χ1n) is 7.43. The topological polar surface area (TPSA) is 23.6 Å². The molecule has 102 valence electrons. The molecule has 2 fully saturated rings. The van der Waals surface area contributed by atoms with Gasteiger partial charge in [0.05, 0.1) is 0 Å². The highest BCUT2D eigenvalue weighted by atomic mass is 16.2. The number of carbonyl (C=O) groups is 1. The van der Waals surface area contributed by atoms with Gasteiger partial charge in [0.15, 0.2) is 0 Å². The number of likely N-dealkylation sites (tertiary alicyclic amines) is 2.